The molecule has 0 rings (SSSR count). The van der Waals surface area contributed by atoms with Crippen molar-refractivity contribution in [3.05, 3.63) is 0 Å². The molecule has 0 aromatic heterocycles. The van der Waals surface area contributed by atoms with Crippen LogP contribution in [0.2, 0.25) is 0 Å². The summed E-state index contributed by atoms with van der Waals surface area (Å²) in [4.78, 5) is 0. The van der Waals surface area contributed by atoms with E-state index in [-0.39, 0.29) is 0 Å². The minimum Gasteiger partial charge on any atom is -0.347 e. The van der Waals surface area contributed by atoms with Crippen molar-refractivity contribution in [2.45, 2.75) is 18.5 Å². The van der Waals surface area contributed by atoms with Gasteiger partial charge in [-0.25, -0.2) is 4.39 Å². The quantitative estimate of drug-likeness (QED) is 0.598. The molecular formula is C4H4F6O. The third-order valence-electron chi connectivity index (χ3n) is 0.766. The molecule has 0 bridgehead atoms. The largest absolute Gasteiger partial charge is 0.459 e. The standard InChI is InChI=1S/C4H4F6O/c1-11-2(5)3(6,7)4(8,9)10/h2H,1H3/i1D3. The molecule has 68 valence electrons. The molecule has 0 aliphatic carbocycles. The number of ether oxygens (including phenoxy) is 1. The van der Waals surface area contributed by atoms with Crippen molar-refractivity contribution in [2.24, 2.45) is 0 Å². The van der Waals surface area contributed by atoms with Crippen LogP contribution in [0.25, 0.3) is 0 Å². The van der Waals surface area contributed by atoms with Crippen LogP contribution >= 0.6 is 0 Å². The molecule has 0 spiro atoms. The Balaban J connectivity index is 4.61. The van der Waals surface area contributed by atoms with E-state index in [4.69, 9.17) is 4.11 Å². The molecule has 11 heavy (non-hydrogen) atoms. The van der Waals surface area contributed by atoms with Crippen molar-refractivity contribution in [2.75, 3.05) is 7.04 Å². The Morgan fingerprint density at radius 2 is 1.73 bits per heavy atom. The van der Waals surface area contributed by atoms with Crippen LogP contribution < -0.4 is 0 Å². The number of hydrogen-bond acceptors (Lipinski definition) is 1. The van der Waals surface area contributed by atoms with Crippen molar-refractivity contribution < 1.29 is 35.2 Å². The molecular weight excluding hydrogens is 178 g/mol. The van der Waals surface area contributed by atoms with Crippen LogP contribution in [0.4, 0.5) is 26.3 Å². The zero-order valence-electron chi connectivity index (χ0n) is 7.75. The lowest BCUT2D eigenvalue weighted by molar-refractivity contribution is -0.337. The van der Waals surface area contributed by atoms with Gasteiger partial charge in [0.15, 0.2) is 0 Å². The van der Waals surface area contributed by atoms with E-state index in [1.54, 1.807) is 0 Å². The van der Waals surface area contributed by atoms with Gasteiger partial charge >= 0.3 is 12.1 Å². The Bertz CT molecular complexity index is 198. The maximum Gasteiger partial charge on any atom is 0.459 e. The second-order valence-electron chi connectivity index (χ2n) is 1.55. The van der Waals surface area contributed by atoms with Gasteiger partial charge in [0.2, 0.25) is 0 Å². The molecule has 0 radical (unpaired) electrons. The van der Waals surface area contributed by atoms with Crippen LogP contribution in [-0.4, -0.2) is 25.5 Å². The van der Waals surface area contributed by atoms with E-state index in [1.807, 2.05) is 0 Å². The molecule has 7 heteroatoms. The molecule has 0 aliphatic rings. The maximum absolute atomic E-state index is 12.1. The van der Waals surface area contributed by atoms with Gasteiger partial charge in [-0.2, -0.15) is 22.0 Å². The first-order valence-electron chi connectivity index (χ1n) is 3.64. The van der Waals surface area contributed by atoms with Gasteiger partial charge in [-0.05, 0) is 0 Å². The Morgan fingerprint density at radius 3 is 2.00 bits per heavy atom. The van der Waals surface area contributed by atoms with Crippen molar-refractivity contribution in [3.8, 4) is 0 Å². The first-order valence-corrected chi connectivity index (χ1v) is 2.14. The summed E-state index contributed by atoms with van der Waals surface area (Å²) in [6.07, 6.45) is -10.5. The topological polar surface area (TPSA) is 9.23 Å². The van der Waals surface area contributed by atoms with Crippen LogP contribution in [0.15, 0.2) is 0 Å². The second kappa shape index (κ2) is 2.88. The minimum absolute atomic E-state index is 2.89. The van der Waals surface area contributed by atoms with Crippen molar-refractivity contribution in [1.82, 2.24) is 0 Å². The highest BCUT2D eigenvalue weighted by atomic mass is 19.4. The fraction of sp³-hybridized carbons (Fsp3) is 1.00. The van der Waals surface area contributed by atoms with E-state index < -0.39 is 25.5 Å². The molecule has 0 saturated carbocycles. The number of methoxy groups -OCH3 is 1. The fourth-order valence-electron chi connectivity index (χ4n) is 0.203. The highest BCUT2D eigenvalue weighted by Crippen LogP contribution is 2.39. The normalized spacial score (nSPS) is 21.8. The van der Waals surface area contributed by atoms with Gasteiger partial charge in [0.1, 0.15) is 0 Å². The molecule has 0 aromatic rings. The van der Waals surface area contributed by atoms with E-state index in [1.165, 1.54) is 0 Å². The predicted octanol–water partition coefficient (Wildman–Crippen LogP) is 2.13. The zero-order valence-corrected chi connectivity index (χ0v) is 4.75. The summed E-state index contributed by atoms with van der Waals surface area (Å²) in [6, 6.07) is 0. The SMILES string of the molecule is [2H]C([2H])([2H])OC(F)C(F)(F)C(F)(F)F. The van der Waals surface area contributed by atoms with Crippen LogP contribution in [0.1, 0.15) is 4.11 Å². The second-order valence-corrected chi connectivity index (χ2v) is 1.55. The summed E-state index contributed by atoms with van der Waals surface area (Å²) >= 11 is 0. The lowest BCUT2D eigenvalue weighted by atomic mass is 10.3. The molecule has 0 aliphatic heterocycles. The minimum atomic E-state index is -6.20. The Hall–Kier alpha value is -0.460. The van der Waals surface area contributed by atoms with Gasteiger partial charge in [-0.1, -0.05) is 0 Å². The number of alkyl halides is 6. The van der Waals surface area contributed by atoms with E-state index in [0.29, 0.717) is 0 Å². The van der Waals surface area contributed by atoms with Gasteiger partial charge in [-0.3, -0.25) is 0 Å². The van der Waals surface area contributed by atoms with Crippen LogP contribution in [0, 0.1) is 0 Å². The van der Waals surface area contributed by atoms with Crippen molar-refractivity contribution >= 4 is 0 Å². The molecule has 1 nitrogen and oxygen atoms in total. The average molecular weight is 185 g/mol. The maximum atomic E-state index is 12.1. The highest BCUT2D eigenvalue weighted by molar-refractivity contribution is 4.78. The lowest BCUT2D eigenvalue weighted by Gasteiger charge is -2.21. The van der Waals surface area contributed by atoms with Gasteiger partial charge in [0.25, 0.3) is 6.36 Å². The zero-order chi connectivity index (χ0) is 11.8. The smallest absolute Gasteiger partial charge is 0.347 e. The van der Waals surface area contributed by atoms with Gasteiger partial charge in [-0.15, -0.1) is 0 Å². The summed E-state index contributed by atoms with van der Waals surface area (Å²) in [5, 5.41) is 0. The van der Waals surface area contributed by atoms with E-state index in [9.17, 15) is 26.3 Å². The summed E-state index contributed by atoms with van der Waals surface area (Å²) in [5.74, 6) is -5.85. The number of halogens is 6. The lowest BCUT2D eigenvalue weighted by Crippen LogP contribution is -2.45. The molecule has 0 aromatic carbocycles. The monoisotopic (exact) mass is 185 g/mol. The summed E-state index contributed by atoms with van der Waals surface area (Å²) in [7, 11) is -3.66. The van der Waals surface area contributed by atoms with Gasteiger partial charge < -0.3 is 4.74 Å². The summed E-state index contributed by atoms with van der Waals surface area (Å²) in [5.41, 5.74) is 0. The van der Waals surface area contributed by atoms with Gasteiger partial charge in [0, 0.05) is 7.04 Å². The van der Waals surface area contributed by atoms with E-state index >= 15 is 0 Å². The molecule has 0 amide bonds. The molecule has 1 atom stereocenters. The highest BCUT2D eigenvalue weighted by Gasteiger charge is 2.64. The Labute approximate surface area is 62.2 Å². The molecule has 0 heterocycles. The fourth-order valence-corrected chi connectivity index (χ4v) is 0.203. The third-order valence-corrected chi connectivity index (χ3v) is 0.766. The number of hydrogen-bond donors (Lipinski definition) is 0. The first-order chi connectivity index (χ1) is 5.88. The Morgan fingerprint density at radius 1 is 1.27 bits per heavy atom. The van der Waals surface area contributed by atoms with Crippen LogP contribution in [0.3, 0.4) is 0 Å². The van der Waals surface area contributed by atoms with E-state index in [2.05, 4.69) is 4.74 Å². The number of rotatable bonds is 2. The molecule has 0 fully saturated rings. The van der Waals surface area contributed by atoms with Crippen LogP contribution in [0.5, 0.6) is 0 Å². The third kappa shape index (κ3) is 1.98. The van der Waals surface area contributed by atoms with Crippen molar-refractivity contribution in [1.29, 1.82) is 0 Å². The van der Waals surface area contributed by atoms with Crippen LogP contribution in [-0.2, 0) is 4.74 Å². The van der Waals surface area contributed by atoms with Gasteiger partial charge in [0.05, 0.1) is 4.11 Å². The first kappa shape index (κ1) is 6.10. The Kier molecular flexibility index (Phi) is 1.60. The van der Waals surface area contributed by atoms with Crippen molar-refractivity contribution in [3.63, 3.8) is 0 Å². The van der Waals surface area contributed by atoms with E-state index in [0.717, 1.165) is 0 Å². The summed E-state index contributed by atoms with van der Waals surface area (Å²) < 4.78 is 91.5. The summed E-state index contributed by atoms with van der Waals surface area (Å²) in [6.45, 7) is 0. The molecule has 1 unspecified atom stereocenters. The predicted molar refractivity (Wildman–Crippen MR) is 22.9 cm³/mol. The average Bonchev–Trinajstić information content (AvgIpc) is 1.80. The molecule has 0 N–H and O–H groups in total. The molecule has 0 saturated heterocycles.